The van der Waals surface area contributed by atoms with Crippen molar-refractivity contribution in [3.63, 3.8) is 0 Å². The lowest BCUT2D eigenvalue weighted by Gasteiger charge is -2.52. The van der Waals surface area contributed by atoms with E-state index in [4.69, 9.17) is 0 Å². The monoisotopic (exact) mass is 616 g/mol. The van der Waals surface area contributed by atoms with Crippen LogP contribution in [0, 0.1) is 0 Å². The van der Waals surface area contributed by atoms with Crippen molar-refractivity contribution in [2.45, 2.75) is 71.4 Å². The molecule has 1 nitrogen and oxygen atoms in total. The van der Waals surface area contributed by atoms with Crippen molar-refractivity contribution in [1.29, 1.82) is 0 Å². The summed E-state index contributed by atoms with van der Waals surface area (Å²) in [4.78, 5) is 0. The van der Waals surface area contributed by atoms with E-state index in [2.05, 4.69) is 0 Å². The molecule has 0 N–H and O–H groups in total. The van der Waals surface area contributed by atoms with Crippen LogP contribution in [0.1, 0.15) is 0 Å². The molecule has 0 aromatic rings. The Bertz CT molecular complexity index is 831. The Morgan fingerprint density at radius 2 is 0.541 bits per heavy atom. The first-order chi connectivity index (χ1) is 15.5. The molecule has 1 rings (SSSR count). The van der Waals surface area contributed by atoms with E-state index >= 15 is 0 Å². The maximum Gasteiger partial charge on any atom is 0.483 e. The van der Waals surface area contributed by atoms with Crippen LogP contribution in [-0.4, -0.2) is 71.4 Å². The predicted molar refractivity (Wildman–Crippen MR) is 60.4 cm³/mol. The molecule has 1 aliphatic rings. The van der Waals surface area contributed by atoms with Gasteiger partial charge in [-0.1, -0.05) is 0 Å². The third-order valence-corrected chi connectivity index (χ3v) is 4.73. The van der Waals surface area contributed by atoms with Gasteiger partial charge >= 0.3 is 65.8 Å². The lowest BCUT2D eigenvalue weighted by molar-refractivity contribution is -0.537. The second-order valence-electron chi connectivity index (χ2n) is 6.90. The average Bonchev–Trinajstić information content (AvgIpc) is 2.61. The van der Waals surface area contributed by atoms with Gasteiger partial charge in [0.2, 0.25) is 0 Å². The summed E-state index contributed by atoms with van der Waals surface area (Å²) in [7, 11) is 0. The minimum atomic E-state index is -10.1. The van der Waals surface area contributed by atoms with Crippen LogP contribution in [-0.2, 0) is 4.74 Å². The summed E-state index contributed by atoms with van der Waals surface area (Å²) in [6, 6.07) is 0. The highest BCUT2D eigenvalue weighted by Gasteiger charge is 3.09. The predicted octanol–water partition coefficient (Wildman–Crippen LogP) is 7.56. The Morgan fingerprint density at radius 3 is 0.730 bits per heavy atom. The molecular formula is C12F24O. The van der Waals surface area contributed by atoms with Gasteiger partial charge in [0, 0.05) is 0 Å². The standard InChI is InChI=1S/C12F24O/c13-1(2(9(26,27)28,10(29,30)31)37-12(35,36)11(32,33)34)3(14,15)5(18,19)7(22,23)8(24,25)6(20,21)4(1,16)17. The molecule has 0 saturated heterocycles. The van der Waals surface area contributed by atoms with Gasteiger partial charge in [-0.15, -0.1) is 0 Å². The third kappa shape index (κ3) is 3.35. The molecule has 1 saturated carbocycles. The smallest absolute Gasteiger partial charge is 0.284 e. The summed E-state index contributed by atoms with van der Waals surface area (Å²) in [5.41, 5.74) is -19.8. The molecule has 0 unspecified atom stereocenters. The molecule has 1 fully saturated rings. The fraction of sp³-hybridized carbons (Fsp3) is 1.00. The maximum atomic E-state index is 14.9. The van der Waals surface area contributed by atoms with Crippen molar-refractivity contribution < 1.29 is 110 Å². The zero-order valence-corrected chi connectivity index (χ0v) is 15.5. The first-order valence-electron chi connectivity index (χ1n) is 7.69. The molecule has 0 bridgehead atoms. The van der Waals surface area contributed by atoms with Crippen molar-refractivity contribution in [3.8, 4) is 0 Å². The largest absolute Gasteiger partial charge is 0.483 e. The van der Waals surface area contributed by atoms with Gasteiger partial charge < -0.3 is 0 Å². The van der Waals surface area contributed by atoms with Crippen LogP contribution >= 0.6 is 0 Å². The average molecular weight is 616 g/mol. The number of ether oxygens (including phenoxy) is 1. The molecule has 25 heteroatoms. The number of hydrogen-bond donors (Lipinski definition) is 0. The van der Waals surface area contributed by atoms with Crippen molar-refractivity contribution in [2.24, 2.45) is 0 Å². The van der Waals surface area contributed by atoms with Gasteiger partial charge in [-0.05, 0) is 0 Å². The van der Waals surface area contributed by atoms with Crippen LogP contribution in [0.4, 0.5) is 105 Å². The van der Waals surface area contributed by atoms with Gasteiger partial charge in [0.05, 0.1) is 0 Å². The van der Waals surface area contributed by atoms with E-state index in [0.29, 0.717) is 0 Å². The first kappa shape index (κ1) is 33.3. The van der Waals surface area contributed by atoms with Gasteiger partial charge in [0.15, 0.2) is 0 Å². The second kappa shape index (κ2) is 7.47. The van der Waals surface area contributed by atoms with Crippen LogP contribution in [0.15, 0.2) is 0 Å². The van der Waals surface area contributed by atoms with Gasteiger partial charge in [0.25, 0.3) is 5.67 Å². The lowest BCUT2D eigenvalue weighted by Crippen LogP contribution is -2.86. The fourth-order valence-corrected chi connectivity index (χ4v) is 2.85. The van der Waals surface area contributed by atoms with E-state index in [9.17, 15) is 105 Å². The topological polar surface area (TPSA) is 9.23 Å². The highest BCUT2D eigenvalue weighted by molar-refractivity contribution is 5.34. The van der Waals surface area contributed by atoms with Gasteiger partial charge in [0.1, 0.15) is 0 Å². The third-order valence-electron chi connectivity index (χ3n) is 4.73. The molecule has 0 aliphatic heterocycles. The number of halogens is 24. The van der Waals surface area contributed by atoms with Gasteiger partial charge in [-0.2, -0.15) is 101 Å². The second-order valence-corrected chi connectivity index (χ2v) is 6.90. The Morgan fingerprint density at radius 1 is 0.324 bits per heavy atom. The van der Waals surface area contributed by atoms with E-state index in [0.717, 1.165) is 4.74 Å². The maximum absolute atomic E-state index is 14.9. The van der Waals surface area contributed by atoms with Gasteiger partial charge in [-0.25, -0.2) is 4.39 Å². The lowest BCUT2D eigenvalue weighted by atomic mass is 9.70. The zero-order chi connectivity index (χ0) is 30.7. The molecule has 0 aromatic carbocycles. The first-order valence-corrected chi connectivity index (χ1v) is 7.69. The summed E-state index contributed by atoms with van der Waals surface area (Å²) in [5.74, 6) is -55.9. The molecule has 0 amide bonds. The minimum Gasteiger partial charge on any atom is -0.284 e. The molecule has 0 spiro atoms. The highest BCUT2D eigenvalue weighted by atomic mass is 19.4. The molecule has 1 aliphatic carbocycles. The molecular weight excluding hydrogens is 616 g/mol. The summed E-state index contributed by atoms with van der Waals surface area (Å²) in [6.45, 7) is 0. The number of hydrogen-bond acceptors (Lipinski definition) is 1. The Kier molecular flexibility index (Phi) is 6.73. The normalized spacial score (nSPS) is 26.9. The number of alkyl halides is 24. The molecule has 222 valence electrons. The van der Waals surface area contributed by atoms with E-state index in [1.807, 2.05) is 0 Å². The zero-order valence-electron chi connectivity index (χ0n) is 15.5. The molecule has 0 atom stereocenters. The fourth-order valence-electron chi connectivity index (χ4n) is 2.85. The highest BCUT2D eigenvalue weighted by Crippen LogP contribution is 2.75. The summed E-state index contributed by atoms with van der Waals surface area (Å²) in [5, 5.41) is 0. The van der Waals surface area contributed by atoms with Crippen molar-refractivity contribution >= 4 is 0 Å². The van der Waals surface area contributed by atoms with E-state index < -0.39 is 71.4 Å². The van der Waals surface area contributed by atoms with Crippen LogP contribution < -0.4 is 0 Å². The Hall–Kier alpha value is -1.72. The van der Waals surface area contributed by atoms with Crippen molar-refractivity contribution in [3.05, 3.63) is 0 Å². The van der Waals surface area contributed by atoms with E-state index in [1.165, 1.54) is 0 Å². The molecule has 0 heterocycles. The summed E-state index contributed by atoms with van der Waals surface area (Å²) in [6.07, 6.45) is -35.2. The summed E-state index contributed by atoms with van der Waals surface area (Å²) < 4.78 is 321. The summed E-state index contributed by atoms with van der Waals surface area (Å²) >= 11 is 0. The Labute approximate surface area is 183 Å². The molecule has 0 aromatic heterocycles. The van der Waals surface area contributed by atoms with Crippen LogP contribution in [0.5, 0.6) is 0 Å². The van der Waals surface area contributed by atoms with Gasteiger partial charge in [-0.3, -0.25) is 4.74 Å². The van der Waals surface area contributed by atoms with Crippen molar-refractivity contribution in [2.75, 3.05) is 0 Å². The quantitative estimate of drug-likeness (QED) is 0.235. The minimum absolute atomic E-state index is 0.811. The van der Waals surface area contributed by atoms with Crippen LogP contribution in [0.2, 0.25) is 0 Å². The SMILES string of the molecule is FC(F)(F)C(F)(F)OC(C(F)(F)F)(C(F)(F)F)C1(F)C(F)(F)C(F)(F)C(F)(F)C(F)(F)C(F)(F)C1(F)F. The van der Waals surface area contributed by atoms with E-state index in [-0.39, 0.29) is 0 Å². The molecule has 37 heavy (non-hydrogen) atoms. The Balaban J connectivity index is 4.74. The van der Waals surface area contributed by atoms with Crippen molar-refractivity contribution in [1.82, 2.24) is 0 Å². The molecule has 0 radical (unpaired) electrons. The number of rotatable bonds is 3. The van der Waals surface area contributed by atoms with E-state index in [1.54, 1.807) is 0 Å². The van der Waals surface area contributed by atoms with Crippen LogP contribution in [0.25, 0.3) is 0 Å². The van der Waals surface area contributed by atoms with Crippen LogP contribution in [0.3, 0.4) is 0 Å².